The molecule has 0 N–H and O–H groups in total. The summed E-state index contributed by atoms with van der Waals surface area (Å²) in [6, 6.07) is 0. The number of aryl methyl sites for hydroxylation is 2. The van der Waals surface area contributed by atoms with Crippen LogP contribution in [0.15, 0.2) is 11.4 Å². The van der Waals surface area contributed by atoms with Gasteiger partial charge in [0.25, 0.3) is 0 Å². The van der Waals surface area contributed by atoms with Gasteiger partial charge >= 0.3 is 0 Å². The number of fused-ring (bicyclic) bond motifs is 1. The van der Waals surface area contributed by atoms with E-state index in [1.165, 1.54) is 13.4 Å². The first kappa shape index (κ1) is 16.8. The minimum absolute atomic E-state index is 0.103. The van der Waals surface area contributed by atoms with E-state index in [4.69, 9.17) is 4.74 Å². The zero-order chi connectivity index (χ0) is 18.6. The van der Waals surface area contributed by atoms with E-state index < -0.39 is 9.84 Å². The first-order valence-electron chi connectivity index (χ1n) is 8.11. The molecule has 3 aromatic rings. The van der Waals surface area contributed by atoms with E-state index in [1.54, 1.807) is 18.5 Å². The molecule has 10 heteroatoms. The third kappa shape index (κ3) is 2.61. The largest absolute Gasteiger partial charge is 0.480 e. The van der Waals surface area contributed by atoms with Crippen molar-refractivity contribution < 1.29 is 13.2 Å². The van der Waals surface area contributed by atoms with E-state index in [2.05, 4.69) is 24.9 Å². The highest BCUT2D eigenvalue weighted by molar-refractivity contribution is 7.90. The first-order valence-corrected chi connectivity index (χ1v) is 10.0. The van der Waals surface area contributed by atoms with E-state index in [0.29, 0.717) is 22.9 Å². The molecule has 0 aromatic carbocycles. The minimum Gasteiger partial charge on any atom is -0.480 e. The summed E-state index contributed by atoms with van der Waals surface area (Å²) in [7, 11) is -0.317. The summed E-state index contributed by atoms with van der Waals surface area (Å²) < 4.78 is 31.8. The second-order valence-electron chi connectivity index (χ2n) is 6.43. The van der Waals surface area contributed by atoms with Gasteiger partial charge in [0.1, 0.15) is 23.2 Å². The summed E-state index contributed by atoms with van der Waals surface area (Å²) in [5, 5.41) is -0.103. The molecule has 0 bridgehead atoms. The molecule has 0 unspecified atom stereocenters. The number of hydrogen-bond donors (Lipinski definition) is 0. The second-order valence-corrected chi connectivity index (χ2v) is 8.36. The number of hydrogen-bond acceptors (Lipinski definition) is 8. The molecule has 3 aromatic heterocycles. The predicted molar refractivity (Wildman–Crippen MR) is 93.7 cm³/mol. The molecule has 26 heavy (non-hydrogen) atoms. The minimum atomic E-state index is -3.61. The molecular weight excluding hydrogens is 356 g/mol. The van der Waals surface area contributed by atoms with Crippen molar-refractivity contribution in [1.29, 1.82) is 0 Å². The van der Waals surface area contributed by atoms with Crippen LogP contribution in [0, 0.1) is 6.92 Å². The van der Waals surface area contributed by atoms with Crippen LogP contribution in [0.4, 0.5) is 0 Å². The maximum atomic E-state index is 12.3. The van der Waals surface area contributed by atoms with Gasteiger partial charge in [0.2, 0.25) is 5.88 Å². The van der Waals surface area contributed by atoms with Gasteiger partial charge in [0.05, 0.1) is 12.8 Å². The standard InChI is InChI=1S/C16H18N6O3S/c1-8-19-12-14(22(8)2)20-13(21-16(12)26(4,23)24)10-11(9-5-6-9)17-7-18-15(10)25-3/h7,9H,5-6H2,1-4H3. The Morgan fingerprint density at radius 3 is 2.54 bits per heavy atom. The molecule has 1 saturated carbocycles. The zero-order valence-electron chi connectivity index (χ0n) is 14.9. The van der Waals surface area contributed by atoms with E-state index in [1.807, 2.05) is 0 Å². The van der Waals surface area contributed by atoms with Crippen molar-refractivity contribution in [3.63, 3.8) is 0 Å². The van der Waals surface area contributed by atoms with Gasteiger partial charge in [-0.05, 0) is 19.8 Å². The third-order valence-electron chi connectivity index (χ3n) is 4.48. The van der Waals surface area contributed by atoms with Crippen LogP contribution < -0.4 is 4.74 Å². The summed E-state index contributed by atoms with van der Waals surface area (Å²) in [6.45, 7) is 1.79. The van der Waals surface area contributed by atoms with Crippen molar-refractivity contribution in [2.75, 3.05) is 13.4 Å². The number of nitrogens with zero attached hydrogens (tertiary/aromatic N) is 6. The van der Waals surface area contributed by atoms with E-state index in [0.717, 1.165) is 24.8 Å². The predicted octanol–water partition coefficient (Wildman–Crippen LogP) is 1.42. The van der Waals surface area contributed by atoms with Crippen LogP contribution >= 0.6 is 0 Å². The molecule has 0 radical (unpaired) electrons. The van der Waals surface area contributed by atoms with Crippen LogP contribution in [0.1, 0.15) is 30.3 Å². The smallest absolute Gasteiger partial charge is 0.227 e. The van der Waals surface area contributed by atoms with Gasteiger partial charge in [-0.1, -0.05) is 0 Å². The highest BCUT2D eigenvalue weighted by Gasteiger charge is 2.32. The Labute approximate surface area is 150 Å². The molecule has 0 amide bonds. The maximum absolute atomic E-state index is 12.3. The maximum Gasteiger partial charge on any atom is 0.227 e. The fourth-order valence-corrected chi connectivity index (χ4v) is 3.67. The Morgan fingerprint density at radius 1 is 1.19 bits per heavy atom. The molecule has 9 nitrogen and oxygen atoms in total. The van der Waals surface area contributed by atoms with Crippen molar-refractivity contribution in [2.24, 2.45) is 7.05 Å². The monoisotopic (exact) mass is 374 g/mol. The van der Waals surface area contributed by atoms with Crippen molar-refractivity contribution in [3.05, 3.63) is 17.8 Å². The zero-order valence-corrected chi connectivity index (χ0v) is 15.7. The summed E-state index contributed by atoms with van der Waals surface area (Å²) in [6.07, 6.45) is 4.58. The van der Waals surface area contributed by atoms with E-state index >= 15 is 0 Å². The van der Waals surface area contributed by atoms with Crippen LogP contribution in [-0.2, 0) is 16.9 Å². The van der Waals surface area contributed by atoms with Crippen LogP contribution in [0.2, 0.25) is 0 Å². The second kappa shape index (κ2) is 5.70. The van der Waals surface area contributed by atoms with E-state index in [-0.39, 0.29) is 22.3 Å². The molecule has 3 heterocycles. The molecule has 4 rings (SSSR count). The molecule has 1 fully saturated rings. The topological polar surface area (TPSA) is 113 Å². The van der Waals surface area contributed by atoms with Gasteiger partial charge in [0.15, 0.2) is 26.3 Å². The van der Waals surface area contributed by atoms with Gasteiger partial charge in [-0.2, -0.15) is 0 Å². The summed E-state index contributed by atoms with van der Waals surface area (Å²) in [4.78, 5) is 21.8. The van der Waals surface area contributed by atoms with Gasteiger partial charge < -0.3 is 9.30 Å². The molecule has 1 aliphatic carbocycles. The average Bonchev–Trinajstić information content (AvgIpc) is 3.40. The number of ether oxygens (including phenoxy) is 1. The number of aromatic nitrogens is 6. The molecule has 0 aliphatic heterocycles. The Hall–Kier alpha value is -2.62. The summed E-state index contributed by atoms with van der Waals surface area (Å²) >= 11 is 0. The highest BCUT2D eigenvalue weighted by Crippen LogP contribution is 2.45. The average molecular weight is 374 g/mol. The van der Waals surface area contributed by atoms with Crippen molar-refractivity contribution >= 4 is 21.0 Å². The summed E-state index contributed by atoms with van der Waals surface area (Å²) in [5.41, 5.74) is 2.04. The lowest BCUT2D eigenvalue weighted by Gasteiger charge is -2.11. The Bertz CT molecular complexity index is 1130. The SMILES string of the molecule is COc1ncnc(C2CC2)c1-c1nc(S(C)(=O)=O)c2nc(C)n(C)c2n1. The van der Waals surface area contributed by atoms with E-state index in [9.17, 15) is 8.42 Å². The number of methoxy groups -OCH3 is 1. The number of imidazole rings is 1. The van der Waals surface area contributed by atoms with Crippen LogP contribution in [-0.4, -0.2) is 51.3 Å². The normalized spacial score (nSPS) is 14.8. The quantitative estimate of drug-likeness (QED) is 0.630. The van der Waals surface area contributed by atoms with Crippen LogP contribution in [0.5, 0.6) is 5.88 Å². The van der Waals surface area contributed by atoms with Crippen molar-refractivity contribution in [2.45, 2.75) is 30.7 Å². The lowest BCUT2D eigenvalue weighted by Crippen LogP contribution is -2.08. The molecule has 0 saturated heterocycles. The first-order chi connectivity index (χ1) is 12.3. The van der Waals surface area contributed by atoms with Crippen LogP contribution in [0.25, 0.3) is 22.6 Å². The van der Waals surface area contributed by atoms with Crippen LogP contribution in [0.3, 0.4) is 0 Å². The molecule has 1 aliphatic rings. The van der Waals surface area contributed by atoms with Crippen molar-refractivity contribution in [3.8, 4) is 17.3 Å². The van der Waals surface area contributed by atoms with Gasteiger partial charge in [-0.25, -0.2) is 33.3 Å². The fraction of sp³-hybridized carbons (Fsp3) is 0.438. The fourth-order valence-electron chi connectivity index (χ4n) is 2.93. The Kier molecular flexibility index (Phi) is 3.69. The lowest BCUT2D eigenvalue weighted by molar-refractivity contribution is 0.397. The van der Waals surface area contributed by atoms with Gasteiger partial charge in [-0.3, -0.25) is 0 Å². The number of sulfone groups is 1. The lowest BCUT2D eigenvalue weighted by atomic mass is 10.1. The highest BCUT2D eigenvalue weighted by atomic mass is 32.2. The summed E-state index contributed by atoms with van der Waals surface area (Å²) in [5.74, 6) is 1.51. The van der Waals surface area contributed by atoms with Crippen molar-refractivity contribution in [1.82, 2.24) is 29.5 Å². The van der Waals surface area contributed by atoms with Gasteiger partial charge in [0, 0.05) is 19.2 Å². The molecule has 136 valence electrons. The third-order valence-corrected chi connectivity index (χ3v) is 5.47. The number of rotatable bonds is 4. The molecular formula is C16H18N6O3S. The van der Waals surface area contributed by atoms with Gasteiger partial charge in [-0.15, -0.1) is 0 Å². The molecule has 0 atom stereocenters. The Morgan fingerprint density at radius 2 is 1.92 bits per heavy atom. The molecule has 0 spiro atoms. The Balaban J connectivity index is 2.09.